The topological polar surface area (TPSA) is 56.8 Å². The van der Waals surface area contributed by atoms with Crippen molar-refractivity contribution in [2.45, 2.75) is 6.92 Å². The Labute approximate surface area is 96.4 Å². The van der Waals surface area contributed by atoms with Gasteiger partial charge in [-0.3, -0.25) is 4.79 Å². The molecule has 1 N–H and O–H groups in total. The van der Waals surface area contributed by atoms with E-state index in [0.717, 1.165) is 13.1 Å². The van der Waals surface area contributed by atoms with Crippen LogP contribution in [0.1, 0.15) is 6.92 Å². The van der Waals surface area contributed by atoms with Crippen LogP contribution in [-0.2, 0) is 19.0 Å². The minimum atomic E-state index is -0.123. The molecule has 5 nitrogen and oxygen atoms in total. The number of ether oxygens (including phenoxy) is 3. The van der Waals surface area contributed by atoms with Crippen LogP contribution in [0.25, 0.3) is 0 Å². The van der Waals surface area contributed by atoms with Gasteiger partial charge in [0, 0.05) is 7.11 Å². The molecule has 0 saturated carbocycles. The third kappa shape index (κ3) is 4.47. The molecule has 0 aromatic heterocycles. The Morgan fingerprint density at radius 3 is 2.56 bits per heavy atom. The molecule has 0 aromatic carbocycles. The normalized spacial score (nSPS) is 17.9. The largest absolute Gasteiger partial charge is 0.463 e. The molecule has 0 aliphatic carbocycles. The van der Waals surface area contributed by atoms with Crippen molar-refractivity contribution in [2.75, 3.05) is 46.6 Å². The number of rotatable bonds is 8. The van der Waals surface area contributed by atoms with Crippen LogP contribution in [0.5, 0.6) is 0 Å². The monoisotopic (exact) mass is 231 g/mol. The number of methoxy groups -OCH3 is 1. The predicted octanol–water partition coefficient (Wildman–Crippen LogP) is 0.0481. The molecule has 1 aliphatic heterocycles. The third-order valence-corrected chi connectivity index (χ3v) is 2.80. The molecule has 0 amide bonds. The summed E-state index contributed by atoms with van der Waals surface area (Å²) in [5, 5.41) is 3.14. The average molecular weight is 231 g/mol. The fourth-order valence-electron chi connectivity index (χ4n) is 1.43. The molecule has 0 radical (unpaired) electrons. The number of hydrogen-bond acceptors (Lipinski definition) is 5. The highest BCUT2D eigenvalue weighted by molar-refractivity contribution is 5.72. The first-order chi connectivity index (χ1) is 7.75. The fourth-order valence-corrected chi connectivity index (χ4v) is 1.43. The first-order valence-electron chi connectivity index (χ1n) is 5.69. The molecule has 1 unspecified atom stereocenters. The van der Waals surface area contributed by atoms with Crippen molar-refractivity contribution in [3.05, 3.63) is 0 Å². The summed E-state index contributed by atoms with van der Waals surface area (Å²) in [6.45, 7) is 5.62. The van der Waals surface area contributed by atoms with Crippen LogP contribution in [0, 0.1) is 11.8 Å². The van der Waals surface area contributed by atoms with Gasteiger partial charge in [-0.25, -0.2) is 0 Å². The fraction of sp³-hybridized carbons (Fsp3) is 0.909. The average Bonchev–Trinajstić information content (AvgIpc) is 2.20. The maximum atomic E-state index is 11.5. The summed E-state index contributed by atoms with van der Waals surface area (Å²) in [5.74, 6) is 0.295. The van der Waals surface area contributed by atoms with E-state index >= 15 is 0 Å². The van der Waals surface area contributed by atoms with Crippen molar-refractivity contribution in [1.82, 2.24) is 5.32 Å². The molecular formula is C11H21NO4. The molecule has 0 bridgehead atoms. The quantitative estimate of drug-likeness (QED) is 0.472. The Hall–Kier alpha value is -0.650. The van der Waals surface area contributed by atoms with Crippen LogP contribution >= 0.6 is 0 Å². The summed E-state index contributed by atoms with van der Waals surface area (Å²) >= 11 is 0. The zero-order valence-electron chi connectivity index (χ0n) is 10.0. The molecule has 1 rings (SSSR count). The second-order valence-corrected chi connectivity index (χ2v) is 3.98. The lowest BCUT2D eigenvalue weighted by atomic mass is 9.89. The van der Waals surface area contributed by atoms with Gasteiger partial charge in [0.2, 0.25) is 0 Å². The Kier molecular flexibility index (Phi) is 6.37. The molecule has 1 fully saturated rings. The van der Waals surface area contributed by atoms with E-state index in [0.29, 0.717) is 32.3 Å². The highest BCUT2D eigenvalue weighted by Crippen LogP contribution is 2.16. The van der Waals surface area contributed by atoms with Gasteiger partial charge in [-0.2, -0.15) is 0 Å². The number of nitrogens with one attached hydrogen (secondary N) is 1. The zero-order chi connectivity index (χ0) is 11.8. The Morgan fingerprint density at radius 1 is 1.31 bits per heavy atom. The van der Waals surface area contributed by atoms with E-state index in [9.17, 15) is 4.79 Å². The number of hydrogen-bond donors (Lipinski definition) is 1. The van der Waals surface area contributed by atoms with Crippen LogP contribution in [0.15, 0.2) is 0 Å². The summed E-state index contributed by atoms with van der Waals surface area (Å²) in [6.07, 6.45) is 0. The molecule has 1 heterocycles. The second-order valence-electron chi connectivity index (χ2n) is 3.98. The molecule has 16 heavy (non-hydrogen) atoms. The van der Waals surface area contributed by atoms with Gasteiger partial charge in [-0.1, -0.05) is 6.92 Å². The number of carbonyl (C=O) groups excluding carboxylic acids is 1. The van der Waals surface area contributed by atoms with Crippen molar-refractivity contribution in [2.24, 2.45) is 11.8 Å². The smallest absolute Gasteiger partial charge is 0.309 e. The Balaban J connectivity index is 1.97. The number of esters is 1. The Morgan fingerprint density at radius 2 is 2.00 bits per heavy atom. The van der Waals surface area contributed by atoms with Gasteiger partial charge in [0.05, 0.1) is 25.7 Å². The summed E-state index contributed by atoms with van der Waals surface area (Å²) in [6, 6.07) is 0. The lowest BCUT2D eigenvalue weighted by Gasteiger charge is -2.31. The van der Waals surface area contributed by atoms with Crippen LogP contribution in [0.2, 0.25) is 0 Å². The first-order valence-corrected chi connectivity index (χ1v) is 5.69. The van der Waals surface area contributed by atoms with Crippen LogP contribution in [0.3, 0.4) is 0 Å². The maximum Gasteiger partial charge on any atom is 0.309 e. The SMILES string of the molecule is COCCOCCOC(=O)C(C)C1CNC1. The van der Waals surface area contributed by atoms with Crippen molar-refractivity contribution >= 4 is 5.97 Å². The minimum absolute atomic E-state index is 0.0137. The van der Waals surface area contributed by atoms with Gasteiger partial charge >= 0.3 is 5.97 Å². The molecule has 1 saturated heterocycles. The molecule has 5 heteroatoms. The van der Waals surface area contributed by atoms with E-state index in [1.807, 2.05) is 6.92 Å². The molecule has 0 spiro atoms. The highest BCUT2D eigenvalue weighted by atomic mass is 16.6. The molecule has 94 valence electrons. The minimum Gasteiger partial charge on any atom is -0.463 e. The van der Waals surface area contributed by atoms with Crippen LogP contribution < -0.4 is 5.32 Å². The van der Waals surface area contributed by atoms with Crippen LogP contribution in [-0.4, -0.2) is 52.6 Å². The van der Waals surface area contributed by atoms with Gasteiger partial charge in [0.1, 0.15) is 6.61 Å². The Bertz CT molecular complexity index is 206. The third-order valence-electron chi connectivity index (χ3n) is 2.80. The van der Waals surface area contributed by atoms with E-state index in [-0.39, 0.29) is 11.9 Å². The van der Waals surface area contributed by atoms with Gasteiger partial charge in [0.15, 0.2) is 0 Å². The summed E-state index contributed by atoms with van der Waals surface area (Å²) in [7, 11) is 1.62. The number of carbonyl (C=O) groups is 1. The maximum absolute atomic E-state index is 11.5. The van der Waals surface area contributed by atoms with E-state index in [4.69, 9.17) is 14.2 Å². The zero-order valence-corrected chi connectivity index (χ0v) is 10.0. The van der Waals surface area contributed by atoms with Gasteiger partial charge in [0.25, 0.3) is 0 Å². The molecular weight excluding hydrogens is 210 g/mol. The lowest BCUT2D eigenvalue weighted by Crippen LogP contribution is -2.47. The predicted molar refractivity (Wildman–Crippen MR) is 59.2 cm³/mol. The van der Waals surface area contributed by atoms with Gasteiger partial charge in [-0.15, -0.1) is 0 Å². The van der Waals surface area contributed by atoms with E-state index in [2.05, 4.69) is 5.32 Å². The summed E-state index contributed by atoms with van der Waals surface area (Å²) < 4.78 is 15.1. The summed E-state index contributed by atoms with van der Waals surface area (Å²) in [5.41, 5.74) is 0. The van der Waals surface area contributed by atoms with Gasteiger partial charge in [-0.05, 0) is 19.0 Å². The molecule has 1 atom stereocenters. The second kappa shape index (κ2) is 7.60. The highest BCUT2D eigenvalue weighted by Gasteiger charge is 2.29. The standard InChI is InChI=1S/C11H21NO4/c1-9(10-7-12-8-10)11(13)16-6-5-15-4-3-14-2/h9-10,12H,3-8H2,1-2H3. The van der Waals surface area contributed by atoms with Crippen LogP contribution in [0.4, 0.5) is 0 Å². The molecule has 0 aromatic rings. The van der Waals surface area contributed by atoms with Gasteiger partial charge < -0.3 is 19.5 Å². The van der Waals surface area contributed by atoms with Crippen molar-refractivity contribution in [3.8, 4) is 0 Å². The van der Waals surface area contributed by atoms with Crippen molar-refractivity contribution < 1.29 is 19.0 Å². The molecule has 1 aliphatic rings. The summed E-state index contributed by atoms with van der Waals surface area (Å²) in [4.78, 5) is 11.5. The lowest BCUT2D eigenvalue weighted by molar-refractivity contribution is -0.152. The van der Waals surface area contributed by atoms with Crippen molar-refractivity contribution in [1.29, 1.82) is 0 Å². The van der Waals surface area contributed by atoms with E-state index in [1.165, 1.54) is 0 Å². The first kappa shape index (κ1) is 13.4. The van der Waals surface area contributed by atoms with E-state index < -0.39 is 0 Å². The van der Waals surface area contributed by atoms with Crippen molar-refractivity contribution in [3.63, 3.8) is 0 Å². The van der Waals surface area contributed by atoms with E-state index in [1.54, 1.807) is 7.11 Å².